The molecule has 6 nitrogen and oxygen atoms in total. The molecule has 1 aliphatic heterocycles. The normalized spacial score (nSPS) is 14.9. The largest absolute Gasteiger partial charge is 0.340 e. The van der Waals surface area contributed by atoms with E-state index in [2.05, 4.69) is 21.1 Å². The van der Waals surface area contributed by atoms with Crippen molar-refractivity contribution in [1.82, 2.24) is 24.2 Å². The number of benzene rings is 1. The Morgan fingerprint density at radius 2 is 1.81 bits per heavy atom. The number of aromatic nitrogens is 3. The second-order valence-corrected chi connectivity index (χ2v) is 8.92. The molecular weight excluding hydrogens is 430 g/mol. The zero-order valence-corrected chi connectivity index (χ0v) is 18.5. The molecule has 8 heteroatoms. The van der Waals surface area contributed by atoms with Crippen LogP contribution in [-0.2, 0) is 17.8 Å². The lowest BCUT2D eigenvalue weighted by Gasteiger charge is -2.34. The van der Waals surface area contributed by atoms with Crippen molar-refractivity contribution in [3.8, 4) is 10.6 Å². The molecule has 1 aromatic carbocycles. The summed E-state index contributed by atoms with van der Waals surface area (Å²) in [5.74, 6) is 0.128. The molecule has 0 atom stereocenters. The highest BCUT2D eigenvalue weighted by molar-refractivity contribution is 7.13. The van der Waals surface area contributed by atoms with Crippen LogP contribution in [-0.4, -0.2) is 56.3 Å². The van der Waals surface area contributed by atoms with Crippen molar-refractivity contribution in [2.45, 2.75) is 13.0 Å². The van der Waals surface area contributed by atoms with Crippen LogP contribution in [0.1, 0.15) is 11.4 Å². The van der Waals surface area contributed by atoms with Crippen LogP contribution in [0.2, 0.25) is 5.02 Å². The van der Waals surface area contributed by atoms with E-state index in [1.165, 1.54) is 11.3 Å². The van der Waals surface area contributed by atoms with E-state index >= 15 is 0 Å². The number of carbonyl (C=O) groups is 1. The van der Waals surface area contributed by atoms with Crippen LogP contribution in [0.25, 0.3) is 16.2 Å². The average Bonchev–Trinajstić information content (AvgIpc) is 3.41. The zero-order chi connectivity index (χ0) is 21.2. The van der Waals surface area contributed by atoms with Gasteiger partial charge in [0.25, 0.3) is 0 Å². The summed E-state index contributed by atoms with van der Waals surface area (Å²) in [7, 11) is 0. The van der Waals surface area contributed by atoms with Gasteiger partial charge in [-0.25, -0.2) is 9.97 Å². The number of imidazole rings is 1. The van der Waals surface area contributed by atoms with Crippen molar-refractivity contribution in [2.75, 3.05) is 26.2 Å². The maximum absolute atomic E-state index is 12.8. The van der Waals surface area contributed by atoms with Crippen molar-refractivity contribution in [3.63, 3.8) is 0 Å². The molecule has 1 saturated heterocycles. The minimum atomic E-state index is 0.128. The zero-order valence-electron chi connectivity index (χ0n) is 16.9. The van der Waals surface area contributed by atoms with E-state index in [1.807, 2.05) is 63.3 Å². The fraction of sp³-hybridized carbons (Fsp3) is 0.261. The Morgan fingerprint density at radius 3 is 2.61 bits per heavy atom. The highest BCUT2D eigenvalue weighted by atomic mass is 35.5. The van der Waals surface area contributed by atoms with Gasteiger partial charge in [0.2, 0.25) is 5.91 Å². The number of hydrogen-bond acceptors (Lipinski definition) is 5. The number of halogens is 1. The van der Waals surface area contributed by atoms with Crippen molar-refractivity contribution in [1.29, 1.82) is 0 Å². The van der Waals surface area contributed by atoms with Crippen LogP contribution in [0.5, 0.6) is 0 Å². The number of hydrogen-bond donors (Lipinski definition) is 0. The van der Waals surface area contributed by atoms with E-state index in [4.69, 9.17) is 11.6 Å². The Balaban J connectivity index is 1.15. The van der Waals surface area contributed by atoms with Gasteiger partial charge in [0.15, 0.2) is 0 Å². The molecule has 0 unspecified atom stereocenters. The molecule has 1 fully saturated rings. The maximum Gasteiger partial charge on any atom is 0.228 e. The highest BCUT2D eigenvalue weighted by Gasteiger charge is 2.22. The summed E-state index contributed by atoms with van der Waals surface area (Å²) in [4.78, 5) is 26.4. The van der Waals surface area contributed by atoms with Gasteiger partial charge < -0.3 is 9.30 Å². The van der Waals surface area contributed by atoms with Crippen LogP contribution < -0.4 is 0 Å². The summed E-state index contributed by atoms with van der Waals surface area (Å²) in [5, 5.41) is 3.48. The predicted molar refractivity (Wildman–Crippen MR) is 123 cm³/mol. The molecule has 31 heavy (non-hydrogen) atoms. The average molecular weight is 452 g/mol. The van der Waals surface area contributed by atoms with Gasteiger partial charge in [-0.05, 0) is 18.2 Å². The standard InChI is InChI=1S/C23H22ClN5OS/c24-20-6-2-1-5-19(20)23-26-17(16-31-23)13-22(30)28-11-9-27(10-12-28)14-18-15-29-8-4-3-7-21(29)25-18/h1-8,15-16H,9-14H2. The van der Waals surface area contributed by atoms with Crippen LogP contribution >= 0.6 is 22.9 Å². The molecule has 0 N–H and O–H groups in total. The first kappa shape index (κ1) is 20.2. The van der Waals surface area contributed by atoms with Gasteiger partial charge >= 0.3 is 0 Å². The van der Waals surface area contributed by atoms with Gasteiger partial charge in [0, 0.05) is 56.1 Å². The third-order valence-corrected chi connectivity index (χ3v) is 6.77. The SMILES string of the molecule is O=C(Cc1csc(-c2ccccc2Cl)n1)N1CCN(Cc2cn3ccccc3n2)CC1. The van der Waals surface area contributed by atoms with E-state index < -0.39 is 0 Å². The molecule has 5 rings (SSSR count). The number of amides is 1. The lowest BCUT2D eigenvalue weighted by Crippen LogP contribution is -2.48. The number of thiazole rings is 1. The van der Waals surface area contributed by atoms with Gasteiger partial charge in [-0.3, -0.25) is 9.69 Å². The number of rotatable bonds is 5. The lowest BCUT2D eigenvalue weighted by atomic mass is 10.2. The summed E-state index contributed by atoms with van der Waals surface area (Å²) in [5.41, 5.74) is 3.73. The first-order valence-corrected chi connectivity index (χ1v) is 11.5. The molecule has 3 aromatic heterocycles. The maximum atomic E-state index is 12.8. The summed E-state index contributed by atoms with van der Waals surface area (Å²) in [6, 6.07) is 13.7. The molecule has 0 saturated carbocycles. The summed E-state index contributed by atoms with van der Waals surface area (Å²) >= 11 is 7.80. The second-order valence-electron chi connectivity index (χ2n) is 7.66. The second kappa shape index (κ2) is 8.78. The Hall–Kier alpha value is -2.74. The first-order chi connectivity index (χ1) is 15.2. The van der Waals surface area contributed by atoms with E-state index in [0.717, 1.165) is 60.3 Å². The Morgan fingerprint density at radius 1 is 1.00 bits per heavy atom. The van der Waals surface area contributed by atoms with Gasteiger partial charge in [0.1, 0.15) is 10.7 Å². The van der Waals surface area contributed by atoms with Crippen LogP contribution in [0, 0.1) is 0 Å². The fourth-order valence-electron chi connectivity index (χ4n) is 3.86. The molecule has 0 spiro atoms. The fourth-order valence-corrected chi connectivity index (χ4v) is 5.00. The number of carbonyl (C=O) groups excluding carboxylic acids is 1. The highest BCUT2D eigenvalue weighted by Crippen LogP contribution is 2.30. The number of piperazine rings is 1. The monoisotopic (exact) mass is 451 g/mol. The number of fused-ring (bicyclic) bond motifs is 1. The van der Waals surface area contributed by atoms with Gasteiger partial charge in [-0.15, -0.1) is 11.3 Å². The molecule has 0 aliphatic carbocycles. The molecule has 4 aromatic rings. The first-order valence-electron chi connectivity index (χ1n) is 10.3. The molecule has 1 aliphatic rings. The van der Waals surface area contributed by atoms with Crippen LogP contribution in [0.15, 0.2) is 60.2 Å². The Labute approximate surface area is 189 Å². The molecule has 158 valence electrons. The Bertz CT molecular complexity index is 1180. The van der Waals surface area contributed by atoms with Crippen molar-refractivity contribution >= 4 is 34.5 Å². The predicted octanol–water partition coefficient (Wildman–Crippen LogP) is 4.00. The van der Waals surface area contributed by atoms with Crippen LogP contribution in [0.3, 0.4) is 0 Å². The van der Waals surface area contributed by atoms with Gasteiger partial charge in [0.05, 0.1) is 22.8 Å². The lowest BCUT2D eigenvalue weighted by molar-refractivity contribution is -0.132. The minimum Gasteiger partial charge on any atom is -0.340 e. The smallest absolute Gasteiger partial charge is 0.228 e. The van der Waals surface area contributed by atoms with Gasteiger partial charge in [-0.1, -0.05) is 35.9 Å². The molecule has 0 radical (unpaired) electrons. The van der Waals surface area contributed by atoms with E-state index in [-0.39, 0.29) is 5.91 Å². The third-order valence-electron chi connectivity index (χ3n) is 5.51. The van der Waals surface area contributed by atoms with Crippen molar-refractivity contribution < 1.29 is 4.79 Å². The summed E-state index contributed by atoms with van der Waals surface area (Å²) in [6.07, 6.45) is 4.41. The molecule has 0 bridgehead atoms. The van der Waals surface area contributed by atoms with E-state index in [9.17, 15) is 4.79 Å². The van der Waals surface area contributed by atoms with Crippen molar-refractivity contribution in [2.24, 2.45) is 0 Å². The molecular formula is C23H22ClN5OS. The minimum absolute atomic E-state index is 0.128. The molecule has 4 heterocycles. The topological polar surface area (TPSA) is 53.7 Å². The van der Waals surface area contributed by atoms with E-state index in [1.54, 1.807) is 0 Å². The van der Waals surface area contributed by atoms with Crippen molar-refractivity contribution in [3.05, 3.63) is 76.6 Å². The Kier molecular flexibility index (Phi) is 5.72. The quantitative estimate of drug-likeness (QED) is 0.460. The summed E-state index contributed by atoms with van der Waals surface area (Å²) < 4.78 is 2.04. The molecule has 1 amide bonds. The van der Waals surface area contributed by atoms with E-state index in [0.29, 0.717) is 11.4 Å². The van der Waals surface area contributed by atoms with Gasteiger partial charge in [-0.2, -0.15) is 0 Å². The number of nitrogens with zero attached hydrogens (tertiary/aromatic N) is 5. The summed E-state index contributed by atoms with van der Waals surface area (Å²) in [6.45, 7) is 3.96. The third kappa shape index (κ3) is 4.49. The number of pyridine rings is 1. The van der Waals surface area contributed by atoms with Crippen LogP contribution in [0.4, 0.5) is 0 Å².